The van der Waals surface area contributed by atoms with Crippen molar-refractivity contribution < 1.29 is 25.8 Å². The lowest BCUT2D eigenvalue weighted by Crippen LogP contribution is -2.29. The standard InChI is InChI=1S/C27H29ClN2O6S2/c1-5-29(6-2)19-10-12-21-23(16-19)36-24-17-20(30(7-3)8-4)11-13-22(24)27(21)18-9-14-25(37(28,31)32)26(15-18)38(33,34)35/h9-17H,5-8H2,1-4H3. The Labute approximate surface area is 227 Å². The van der Waals surface area contributed by atoms with Gasteiger partial charge in [0.1, 0.15) is 34.6 Å². The van der Waals surface area contributed by atoms with Crippen molar-refractivity contribution in [2.45, 2.75) is 37.5 Å². The van der Waals surface area contributed by atoms with Gasteiger partial charge in [-0.1, -0.05) is 6.07 Å². The van der Waals surface area contributed by atoms with Crippen LogP contribution in [0.15, 0.2) is 68.8 Å². The maximum atomic E-state index is 12.1. The van der Waals surface area contributed by atoms with Crippen molar-refractivity contribution in [3.63, 3.8) is 0 Å². The zero-order chi connectivity index (χ0) is 27.8. The molecule has 38 heavy (non-hydrogen) atoms. The Morgan fingerprint density at radius 3 is 2.13 bits per heavy atom. The van der Waals surface area contributed by atoms with Crippen molar-refractivity contribution in [3.05, 3.63) is 60.0 Å². The Balaban J connectivity index is 2.15. The predicted molar refractivity (Wildman–Crippen MR) is 149 cm³/mol. The highest BCUT2D eigenvalue weighted by molar-refractivity contribution is 8.14. The lowest BCUT2D eigenvalue weighted by molar-refractivity contribution is 0.460. The van der Waals surface area contributed by atoms with Gasteiger partial charge in [0.25, 0.3) is 9.05 Å². The van der Waals surface area contributed by atoms with Crippen LogP contribution in [0.3, 0.4) is 0 Å². The topological polar surface area (TPSA) is 111 Å². The van der Waals surface area contributed by atoms with Gasteiger partial charge < -0.3 is 13.9 Å². The summed E-state index contributed by atoms with van der Waals surface area (Å²) in [6, 6.07) is 15.1. The molecule has 0 unspecified atom stereocenters. The van der Waals surface area contributed by atoms with E-state index >= 15 is 0 Å². The number of hydrogen-bond acceptors (Lipinski definition) is 7. The van der Waals surface area contributed by atoms with E-state index in [-0.39, 0.29) is 0 Å². The number of fused-ring (bicyclic) bond motifs is 2. The first-order chi connectivity index (χ1) is 17.9. The summed E-state index contributed by atoms with van der Waals surface area (Å²) in [6.45, 7) is 11.4. The van der Waals surface area contributed by atoms with E-state index in [1.54, 1.807) is 0 Å². The molecule has 0 atom stereocenters. The van der Waals surface area contributed by atoms with Gasteiger partial charge in [-0.05, 0) is 63.6 Å². The second-order valence-electron chi connectivity index (χ2n) is 8.74. The Hall–Kier alpha value is -2.92. The first kappa shape index (κ1) is 28.1. The molecule has 1 aliphatic carbocycles. The predicted octanol–water partition coefficient (Wildman–Crippen LogP) is 4.69. The SMILES string of the molecule is CCN(CC)c1ccc2c(-c3ccc(S(=O)(=O)Cl)c(S(=O)(=O)[O-])c3)c3ccc(=[N+](CC)CC)cc-3oc2c1. The fourth-order valence-electron chi connectivity index (χ4n) is 4.81. The van der Waals surface area contributed by atoms with Crippen LogP contribution in [-0.4, -0.2) is 47.6 Å². The summed E-state index contributed by atoms with van der Waals surface area (Å²) >= 11 is 0. The third kappa shape index (κ3) is 5.31. The number of halogens is 1. The van der Waals surface area contributed by atoms with Gasteiger partial charge in [0.05, 0.1) is 15.9 Å². The van der Waals surface area contributed by atoms with Gasteiger partial charge >= 0.3 is 0 Å². The lowest BCUT2D eigenvalue weighted by Gasteiger charge is -2.22. The van der Waals surface area contributed by atoms with Gasteiger partial charge in [-0.2, -0.15) is 0 Å². The molecule has 0 bridgehead atoms. The number of benzene rings is 3. The van der Waals surface area contributed by atoms with Crippen LogP contribution in [0.1, 0.15) is 27.7 Å². The Bertz CT molecular complexity index is 1770. The highest BCUT2D eigenvalue weighted by Crippen LogP contribution is 2.42. The molecular weight excluding hydrogens is 548 g/mol. The van der Waals surface area contributed by atoms with Crippen LogP contribution in [0.2, 0.25) is 0 Å². The molecule has 8 nitrogen and oxygen atoms in total. The highest BCUT2D eigenvalue weighted by Gasteiger charge is 2.24. The van der Waals surface area contributed by atoms with Crippen LogP contribution in [0.4, 0.5) is 5.69 Å². The minimum absolute atomic E-state index is 0.348. The fourth-order valence-corrected chi connectivity index (χ4v) is 7.10. The van der Waals surface area contributed by atoms with E-state index in [0.717, 1.165) is 49.4 Å². The van der Waals surface area contributed by atoms with E-state index in [4.69, 9.17) is 15.1 Å². The second-order valence-corrected chi connectivity index (χ2v) is 12.6. The first-order valence-corrected chi connectivity index (χ1v) is 16.0. The number of rotatable bonds is 8. The van der Waals surface area contributed by atoms with Gasteiger partial charge in [0.15, 0.2) is 0 Å². The minimum atomic E-state index is -5.15. The van der Waals surface area contributed by atoms with E-state index in [0.29, 0.717) is 33.4 Å². The molecule has 1 heterocycles. The summed E-state index contributed by atoms with van der Waals surface area (Å²) in [4.78, 5) is 0.527. The molecule has 4 rings (SSSR count). The average molecular weight is 577 g/mol. The Kier molecular flexibility index (Phi) is 7.90. The molecule has 0 amide bonds. The largest absolute Gasteiger partial charge is 0.744 e. The summed E-state index contributed by atoms with van der Waals surface area (Å²) < 4.78 is 68.8. The zero-order valence-electron chi connectivity index (χ0n) is 21.6. The number of nitrogens with zero attached hydrogens (tertiary/aromatic N) is 2. The van der Waals surface area contributed by atoms with E-state index in [9.17, 15) is 21.4 Å². The molecular formula is C27H29ClN2O6S2. The Morgan fingerprint density at radius 2 is 1.55 bits per heavy atom. The zero-order valence-corrected chi connectivity index (χ0v) is 24.0. The van der Waals surface area contributed by atoms with Crippen molar-refractivity contribution in [1.29, 1.82) is 0 Å². The molecule has 0 fully saturated rings. The van der Waals surface area contributed by atoms with Crippen LogP contribution in [-0.2, 0) is 19.2 Å². The highest BCUT2D eigenvalue weighted by atomic mass is 35.7. The van der Waals surface area contributed by atoms with Crippen molar-refractivity contribution in [2.24, 2.45) is 0 Å². The van der Waals surface area contributed by atoms with Gasteiger partial charge in [-0.15, -0.1) is 0 Å². The normalized spacial score (nSPS) is 12.3. The van der Waals surface area contributed by atoms with Crippen molar-refractivity contribution in [2.75, 3.05) is 31.1 Å². The smallest absolute Gasteiger partial charge is 0.262 e. The number of hydrogen-bond donors (Lipinski definition) is 0. The molecule has 1 aliphatic heterocycles. The molecule has 0 N–H and O–H groups in total. The van der Waals surface area contributed by atoms with Gasteiger partial charge in [0, 0.05) is 58.1 Å². The quantitative estimate of drug-likeness (QED) is 0.129. The molecule has 0 radical (unpaired) electrons. The van der Waals surface area contributed by atoms with Crippen molar-refractivity contribution >= 4 is 46.5 Å². The maximum absolute atomic E-state index is 12.1. The third-order valence-corrected chi connectivity index (χ3v) is 9.10. The molecule has 2 aromatic rings. The van der Waals surface area contributed by atoms with Crippen LogP contribution in [0.5, 0.6) is 0 Å². The molecule has 2 aromatic carbocycles. The third-order valence-electron chi connectivity index (χ3n) is 6.71. The van der Waals surface area contributed by atoms with E-state index in [1.807, 2.05) is 36.4 Å². The maximum Gasteiger partial charge on any atom is 0.262 e. The monoisotopic (exact) mass is 576 g/mol. The van der Waals surface area contributed by atoms with Crippen LogP contribution in [0, 0.1) is 0 Å². The van der Waals surface area contributed by atoms with Gasteiger partial charge in [-0.25, -0.2) is 21.4 Å². The first-order valence-electron chi connectivity index (χ1n) is 12.3. The van der Waals surface area contributed by atoms with Gasteiger partial charge in [0.2, 0.25) is 5.36 Å². The Morgan fingerprint density at radius 1 is 0.868 bits per heavy atom. The summed E-state index contributed by atoms with van der Waals surface area (Å²) in [5.41, 5.74) is 3.17. The summed E-state index contributed by atoms with van der Waals surface area (Å²) in [7, 11) is -4.18. The van der Waals surface area contributed by atoms with Crippen LogP contribution >= 0.6 is 10.7 Å². The molecule has 0 saturated carbocycles. The molecule has 0 aromatic heterocycles. The van der Waals surface area contributed by atoms with E-state index in [2.05, 4.69) is 37.2 Å². The van der Waals surface area contributed by atoms with Crippen LogP contribution < -0.4 is 14.8 Å². The molecule has 2 aliphatic rings. The van der Waals surface area contributed by atoms with E-state index < -0.39 is 29.0 Å². The van der Waals surface area contributed by atoms with Crippen LogP contribution in [0.25, 0.3) is 33.4 Å². The van der Waals surface area contributed by atoms with Crippen molar-refractivity contribution in [1.82, 2.24) is 4.58 Å². The molecule has 202 valence electrons. The lowest BCUT2D eigenvalue weighted by atomic mass is 9.93. The van der Waals surface area contributed by atoms with Gasteiger partial charge in [-0.3, -0.25) is 0 Å². The summed E-state index contributed by atoms with van der Waals surface area (Å²) in [6.07, 6.45) is 0. The number of anilines is 1. The van der Waals surface area contributed by atoms with E-state index in [1.165, 1.54) is 6.07 Å². The summed E-state index contributed by atoms with van der Waals surface area (Å²) in [5.74, 6) is 0.564. The molecule has 0 spiro atoms. The fraction of sp³-hybridized carbons (Fsp3) is 0.296. The molecule has 0 saturated heterocycles. The minimum Gasteiger partial charge on any atom is -0.744 e. The van der Waals surface area contributed by atoms with Crippen molar-refractivity contribution in [3.8, 4) is 22.5 Å². The summed E-state index contributed by atoms with van der Waals surface area (Å²) in [5, 5.41) is 1.64. The second kappa shape index (κ2) is 10.7. The molecule has 11 heteroatoms. The average Bonchev–Trinajstić information content (AvgIpc) is 2.87.